The van der Waals surface area contributed by atoms with E-state index in [0.717, 1.165) is 0 Å². The minimum absolute atomic E-state index is 0.0577. The molecule has 3 heterocycles. The second kappa shape index (κ2) is 7.53. The van der Waals surface area contributed by atoms with E-state index in [0.29, 0.717) is 23.2 Å². The van der Waals surface area contributed by atoms with E-state index >= 15 is 0 Å². The van der Waals surface area contributed by atoms with Gasteiger partial charge in [0.05, 0.1) is 22.9 Å². The summed E-state index contributed by atoms with van der Waals surface area (Å²) in [7, 11) is 0. The number of nitrogen functional groups attached to an aromatic ring is 1. The first-order chi connectivity index (χ1) is 13.6. The molecule has 10 nitrogen and oxygen atoms in total. The van der Waals surface area contributed by atoms with Crippen molar-refractivity contribution in [1.29, 1.82) is 5.41 Å². The molecule has 1 unspecified atom stereocenters. The van der Waals surface area contributed by atoms with Gasteiger partial charge in [0.2, 0.25) is 0 Å². The maximum absolute atomic E-state index is 12.9. The molecule has 1 aliphatic rings. The van der Waals surface area contributed by atoms with Crippen molar-refractivity contribution in [2.45, 2.75) is 45.8 Å². The lowest BCUT2D eigenvalue weighted by Crippen LogP contribution is -2.34. The van der Waals surface area contributed by atoms with E-state index in [2.05, 4.69) is 34.2 Å². The average Bonchev–Trinajstić information content (AvgIpc) is 3.30. The Labute approximate surface area is 168 Å². The summed E-state index contributed by atoms with van der Waals surface area (Å²) < 4.78 is 7.00. The van der Waals surface area contributed by atoms with Gasteiger partial charge in [-0.2, -0.15) is 5.10 Å². The van der Waals surface area contributed by atoms with Crippen LogP contribution in [0.15, 0.2) is 30.4 Å². The number of fused-ring (bicyclic) bond motifs is 1. The molecule has 3 rings (SSSR count). The number of aromatic nitrogens is 4. The average molecular weight is 398 g/mol. The van der Waals surface area contributed by atoms with Gasteiger partial charge in [-0.05, 0) is 25.8 Å². The van der Waals surface area contributed by atoms with Gasteiger partial charge in [-0.3, -0.25) is 10.2 Å². The summed E-state index contributed by atoms with van der Waals surface area (Å²) in [6, 6.07) is 0. The Hall–Kier alpha value is -3.43. The molecule has 0 fully saturated rings. The molecule has 0 saturated carbocycles. The summed E-state index contributed by atoms with van der Waals surface area (Å²) in [5, 5.41) is 15.4. The van der Waals surface area contributed by atoms with E-state index in [1.807, 2.05) is 19.9 Å². The fourth-order valence-corrected chi connectivity index (χ4v) is 2.86. The molecule has 2 aromatic rings. The zero-order valence-corrected chi connectivity index (χ0v) is 16.9. The van der Waals surface area contributed by atoms with Crippen molar-refractivity contribution in [3.63, 3.8) is 0 Å². The van der Waals surface area contributed by atoms with Crippen molar-refractivity contribution in [2.75, 3.05) is 5.73 Å². The van der Waals surface area contributed by atoms with Crippen LogP contribution < -0.4 is 16.8 Å². The van der Waals surface area contributed by atoms with Crippen LogP contribution in [0.1, 0.15) is 44.6 Å². The number of hydrogen-bond acceptors (Lipinski definition) is 8. The highest BCUT2D eigenvalue weighted by molar-refractivity contribution is 6.14. The van der Waals surface area contributed by atoms with Crippen molar-refractivity contribution in [2.24, 2.45) is 11.7 Å². The molecule has 0 aromatic carbocycles. The summed E-state index contributed by atoms with van der Waals surface area (Å²) in [5.41, 5.74) is 12.4. The number of carbonyl (C=O) groups excluding carboxylic acids is 1. The van der Waals surface area contributed by atoms with Gasteiger partial charge < -0.3 is 21.5 Å². The van der Waals surface area contributed by atoms with E-state index in [4.69, 9.17) is 21.6 Å². The molecule has 6 N–H and O–H groups in total. The molecule has 0 spiro atoms. The predicted molar refractivity (Wildman–Crippen MR) is 110 cm³/mol. The van der Waals surface area contributed by atoms with Crippen LogP contribution in [0.2, 0.25) is 0 Å². The minimum Gasteiger partial charge on any atom is -0.492 e. The van der Waals surface area contributed by atoms with Crippen molar-refractivity contribution in [3.8, 4) is 0 Å². The van der Waals surface area contributed by atoms with Gasteiger partial charge in [0.25, 0.3) is 5.91 Å². The molecular weight excluding hydrogens is 372 g/mol. The summed E-state index contributed by atoms with van der Waals surface area (Å²) in [6.45, 7) is 8.12. The molecule has 154 valence electrons. The van der Waals surface area contributed by atoms with E-state index < -0.39 is 11.4 Å². The molecule has 0 aliphatic carbocycles. The molecule has 1 atom stereocenters. The third-order valence-corrected chi connectivity index (χ3v) is 5.29. The number of nitrogens with one attached hydrogen (secondary N) is 2. The lowest BCUT2D eigenvalue weighted by atomic mass is 9.91. The SMILES string of the molecule is CC(C)C(C)(C)n1nc(C(=O)NC(=N)/C=C(\N)C2CC=CO2)c2c(N)ncnc21. The maximum atomic E-state index is 12.9. The van der Waals surface area contributed by atoms with Gasteiger partial charge in [-0.15, -0.1) is 0 Å². The van der Waals surface area contributed by atoms with Gasteiger partial charge in [-0.25, -0.2) is 14.6 Å². The normalized spacial score (nSPS) is 17.0. The first kappa shape index (κ1) is 20.3. The molecule has 29 heavy (non-hydrogen) atoms. The third-order valence-electron chi connectivity index (χ3n) is 5.29. The summed E-state index contributed by atoms with van der Waals surface area (Å²) in [6.07, 6.45) is 6.39. The number of nitrogens with two attached hydrogens (primary N) is 2. The Morgan fingerprint density at radius 1 is 1.45 bits per heavy atom. The van der Waals surface area contributed by atoms with Gasteiger partial charge in [-0.1, -0.05) is 13.8 Å². The van der Waals surface area contributed by atoms with E-state index in [-0.39, 0.29) is 29.4 Å². The van der Waals surface area contributed by atoms with E-state index in [9.17, 15) is 4.79 Å². The van der Waals surface area contributed by atoms with E-state index in [1.54, 1.807) is 10.9 Å². The Kier molecular flexibility index (Phi) is 5.27. The van der Waals surface area contributed by atoms with E-state index in [1.165, 1.54) is 12.4 Å². The summed E-state index contributed by atoms with van der Waals surface area (Å²) in [5.74, 6) is -0.407. The van der Waals surface area contributed by atoms with Crippen LogP contribution in [0.4, 0.5) is 5.82 Å². The molecule has 1 amide bonds. The highest BCUT2D eigenvalue weighted by Gasteiger charge is 2.32. The molecule has 10 heteroatoms. The number of carbonyl (C=O) groups is 1. The van der Waals surface area contributed by atoms with Crippen LogP contribution in [0, 0.1) is 11.3 Å². The van der Waals surface area contributed by atoms with Gasteiger partial charge in [0, 0.05) is 12.5 Å². The Balaban J connectivity index is 1.94. The molecule has 0 saturated heterocycles. The number of anilines is 1. The molecule has 0 bridgehead atoms. The number of amides is 1. The topological polar surface area (TPSA) is 158 Å². The summed E-state index contributed by atoms with van der Waals surface area (Å²) >= 11 is 0. The lowest BCUT2D eigenvalue weighted by molar-refractivity contribution is 0.0971. The van der Waals surface area contributed by atoms with Crippen molar-refractivity contribution >= 4 is 28.6 Å². The third kappa shape index (κ3) is 3.78. The van der Waals surface area contributed by atoms with Gasteiger partial charge in [0.15, 0.2) is 11.3 Å². The van der Waals surface area contributed by atoms with Crippen LogP contribution in [-0.4, -0.2) is 37.6 Å². The van der Waals surface area contributed by atoms with Crippen LogP contribution >= 0.6 is 0 Å². The molecule has 2 aromatic heterocycles. The molecule has 1 aliphatic heterocycles. The fourth-order valence-electron chi connectivity index (χ4n) is 2.86. The van der Waals surface area contributed by atoms with Crippen LogP contribution in [0.3, 0.4) is 0 Å². The maximum Gasteiger partial charge on any atom is 0.278 e. The Morgan fingerprint density at radius 2 is 2.17 bits per heavy atom. The van der Waals surface area contributed by atoms with Crippen molar-refractivity contribution < 1.29 is 9.53 Å². The minimum atomic E-state index is -0.589. The first-order valence-corrected chi connectivity index (χ1v) is 9.30. The second-order valence-corrected chi connectivity index (χ2v) is 7.77. The zero-order chi connectivity index (χ0) is 21.3. The number of amidine groups is 1. The molecule has 0 radical (unpaired) electrons. The zero-order valence-electron chi connectivity index (χ0n) is 16.9. The predicted octanol–water partition coefficient (Wildman–Crippen LogP) is 1.65. The van der Waals surface area contributed by atoms with Crippen LogP contribution in [-0.2, 0) is 10.3 Å². The second-order valence-electron chi connectivity index (χ2n) is 7.77. The largest absolute Gasteiger partial charge is 0.492 e. The standard InChI is InChI=1S/C19H26N8O2/c1-10(2)19(3,4)27-17-14(16(22)23-9-24-17)15(26-27)18(28)25-13(21)8-11(20)12-6-5-7-29-12/h5,7-10,12H,6,20H2,1-4H3,(H2,21,25,28)(H2,22,23,24)/b11-8-. The Bertz CT molecular complexity index is 1010. The highest BCUT2D eigenvalue weighted by Crippen LogP contribution is 2.31. The molecular formula is C19H26N8O2. The van der Waals surface area contributed by atoms with Gasteiger partial charge >= 0.3 is 0 Å². The van der Waals surface area contributed by atoms with Crippen molar-refractivity contribution in [3.05, 3.63) is 36.1 Å². The number of rotatable bonds is 5. The number of hydrogen-bond donors (Lipinski definition) is 4. The fraction of sp³-hybridized carbons (Fsp3) is 0.421. The quantitative estimate of drug-likeness (QED) is 0.440. The Morgan fingerprint density at radius 3 is 2.79 bits per heavy atom. The van der Waals surface area contributed by atoms with Crippen LogP contribution in [0.5, 0.6) is 0 Å². The number of ether oxygens (including phenoxy) is 1. The number of nitrogens with zero attached hydrogens (tertiary/aromatic N) is 4. The summed E-state index contributed by atoms with van der Waals surface area (Å²) in [4.78, 5) is 21.2. The monoisotopic (exact) mass is 398 g/mol. The van der Waals surface area contributed by atoms with Crippen LogP contribution in [0.25, 0.3) is 11.0 Å². The lowest BCUT2D eigenvalue weighted by Gasteiger charge is -2.30. The first-order valence-electron chi connectivity index (χ1n) is 9.30. The van der Waals surface area contributed by atoms with Gasteiger partial charge in [0.1, 0.15) is 24.1 Å². The smallest absolute Gasteiger partial charge is 0.278 e. The highest BCUT2D eigenvalue weighted by atomic mass is 16.5. The van der Waals surface area contributed by atoms with Crippen molar-refractivity contribution in [1.82, 2.24) is 25.1 Å².